The molecule has 0 radical (unpaired) electrons. The number of carbonyl (C=O) groups is 1. The van der Waals surface area contributed by atoms with Crippen LogP contribution in [0, 0.1) is 0 Å². The molecule has 1 aliphatic carbocycles. The largest absolute Gasteiger partial charge is 0.486 e. The van der Waals surface area contributed by atoms with E-state index in [1.165, 1.54) is 0 Å². The van der Waals surface area contributed by atoms with Crippen molar-refractivity contribution < 1.29 is 14.3 Å². The molecule has 3 aromatic rings. The summed E-state index contributed by atoms with van der Waals surface area (Å²) in [5.41, 5.74) is 2.95. The molecule has 0 bridgehead atoms. The van der Waals surface area contributed by atoms with Crippen molar-refractivity contribution in [2.75, 3.05) is 6.61 Å². The zero-order chi connectivity index (χ0) is 19.0. The minimum absolute atomic E-state index is 0.0581. The number of hydrogen-bond acceptors (Lipinski definition) is 5. The van der Waals surface area contributed by atoms with Gasteiger partial charge in [0.05, 0.1) is 18.1 Å². The van der Waals surface area contributed by atoms with E-state index in [0.29, 0.717) is 22.5 Å². The molecule has 0 saturated carbocycles. The average Bonchev–Trinajstić information content (AvgIpc) is 3.19. The Bertz CT molecular complexity index is 1020. The fourth-order valence-corrected chi connectivity index (χ4v) is 4.98. The van der Waals surface area contributed by atoms with E-state index in [1.807, 2.05) is 23.6 Å². The lowest BCUT2D eigenvalue weighted by atomic mass is 10.1. The van der Waals surface area contributed by atoms with E-state index < -0.39 is 0 Å². The van der Waals surface area contributed by atoms with Crippen LogP contribution in [0.5, 0.6) is 5.75 Å². The van der Waals surface area contributed by atoms with Crippen LogP contribution in [-0.4, -0.2) is 17.6 Å². The number of nitrogens with zero attached hydrogens (tertiary/aromatic N) is 1. The lowest BCUT2D eigenvalue weighted by Crippen LogP contribution is -2.07. The van der Waals surface area contributed by atoms with Crippen LogP contribution < -0.4 is 4.74 Å². The molecule has 0 N–H and O–H groups in total. The number of benzene rings is 1. The summed E-state index contributed by atoms with van der Waals surface area (Å²) in [7, 11) is 0. The lowest BCUT2D eigenvalue weighted by molar-refractivity contribution is -0.142. The van der Waals surface area contributed by atoms with Gasteiger partial charge in [-0.05, 0) is 48.9 Å². The van der Waals surface area contributed by atoms with Crippen molar-refractivity contribution in [3.63, 3.8) is 0 Å². The van der Waals surface area contributed by atoms with Crippen molar-refractivity contribution in [3.8, 4) is 5.75 Å². The first-order chi connectivity index (χ1) is 13.0. The first kappa shape index (κ1) is 18.5. The molecule has 140 valence electrons. The van der Waals surface area contributed by atoms with Gasteiger partial charge in [-0.15, -0.1) is 11.3 Å². The van der Waals surface area contributed by atoms with E-state index in [1.54, 1.807) is 24.3 Å². The Hall–Kier alpha value is -1.82. The van der Waals surface area contributed by atoms with Crippen LogP contribution in [0.2, 0.25) is 10.2 Å². The molecule has 4 nitrogen and oxygen atoms in total. The SMILES string of the molecule is CCOC(=O)Cc1csc2cc(OC3CCc4nc(Cl)ccc43)cc(Cl)c12. The Balaban J connectivity index is 1.59. The summed E-state index contributed by atoms with van der Waals surface area (Å²) in [4.78, 5) is 16.2. The number of halogens is 2. The van der Waals surface area contributed by atoms with Crippen molar-refractivity contribution in [1.29, 1.82) is 0 Å². The predicted molar refractivity (Wildman–Crippen MR) is 108 cm³/mol. The van der Waals surface area contributed by atoms with Gasteiger partial charge in [0.15, 0.2) is 0 Å². The number of ether oxygens (including phenoxy) is 2. The second-order valence-electron chi connectivity index (χ2n) is 6.34. The molecule has 7 heteroatoms. The maximum atomic E-state index is 11.8. The van der Waals surface area contributed by atoms with E-state index in [2.05, 4.69) is 4.98 Å². The highest BCUT2D eigenvalue weighted by atomic mass is 35.5. The molecule has 27 heavy (non-hydrogen) atoms. The third-order valence-electron chi connectivity index (χ3n) is 4.56. The van der Waals surface area contributed by atoms with Crippen LogP contribution in [0.25, 0.3) is 10.1 Å². The van der Waals surface area contributed by atoms with Gasteiger partial charge >= 0.3 is 5.97 Å². The summed E-state index contributed by atoms with van der Waals surface area (Å²) in [6, 6.07) is 7.55. The zero-order valence-corrected chi connectivity index (χ0v) is 17.0. The number of pyridine rings is 1. The van der Waals surface area contributed by atoms with Gasteiger partial charge in [-0.25, -0.2) is 4.98 Å². The highest BCUT2D eigenvalue weighted by molar-refractivity contribution is 7.17. The number of rotatable bonds is 5. The third kappa shape index (κ3) is 3.77. The maximum absolute atomic E-state index is 11.8. The average molecular weight is 422 g/mol. The standard InChI is InChI=1S/C20H17Cl2NO3S/c1-2-25-19(24)7-11-10-27-17-9-12(8-14(21)20(11)17)26-16-5-4-15-13(16)3-6-18(22)23-15/h3,6,8-10,16H,2,4-5,7H2,1H3. The van der Waals surface area contributed by atoms with Crippen LogP contribution in [0.3, 0.4) is 0 Å². The van der Waals surface area contributed by atoms with E-state index in [0.717, 1.165) is 39.7 Å². The smallest absolute Gasteiger partial charge is 0.310 e. The van der Waals surface area contributed by atoms with Crippen molar-refractivity contribution in [1.82, 2.24) is 4.98 Å². The molecule has 0 aliphatic heterocycles. The fourth-order valence-electron chi connectivity index (χ4n) is 3.41. The molecular weight excluding hydrogens is 405 g/mol. The van der Waals surface area contributed by atoms with Crippen LogP contribution in [0.4, 0.5) is 0 Å². The van der Waals surface area contributed by atoms with E-state index in [9.17, 15) is 4.79 Å². The molecule has 0 fully saturated rings. The molecule has 1 aromatic carbocycles. The zero-order valence-electron chi connectivity index (χ0n) is 14.6. The van der Waals surface area contributed by atoms with Crippen molar-refractivity contribution in [2.24, 2.45) is 0 Å². The summed E-state index contributed by atoms with van der Waals surface area (Å²) in [6.45, 7) is 2.17. The summed E-state index contributed by atoms with van der Waals surface area (Å²) >= 11 is 14.0. The number of esters is 1. The number of aryl methyl sites for hydroxylation is 1. The molecule has 1 atom stereocenters. The summed E-state index contributed by atoms with van der Waals surface area (Å²) in [5.74, 6) is 0.465. The highest BCUT2D eigenvalue weighted by Crippen LogP contribution is 2.40. The normalized spacial score (nSPS) is 15.7. The second-order valence-corrected chi connectivity index (χ2v) is 8.04. The Labute approximate surface area is 171 Å². The van der Waals surface area contributed by atoms with Gasteiger partial charge in [0.25, 0.3) is 0 Å². The van der Waals surface area contributed by atoms with Crippen molar-refractivity contribution in [2.45, 2.75) is 32.3 Å². The van der Waals surface area contributed by atoms with Crippen LogP contribution in [0.15, 0.2) is 29.6 Å². The minimum Gasteiger partial charge on any atom is -0.486 e. The molecule has 1 unspecified atom stereocenters. The first-order valence-electron chi connectivity index (χ1n) is 8.72. The number of thiophene rings is 1. The number of aromatic nitrogens is 1. The van der Waals surface area contributed by atoms with E-state index >= 15 is 0 Å². The van der Waals surface area contributed by atoms with Gasteiger partial charge in [0.2, 0.25) is 0 Å². The van der Waals surface area contributed by atoms with Crippen LogP contribution in [-0.2, 0) is 22.4 Å². The molecule has 4 rings (SSSR count). The van der Waals surface area contributed by atoms with Gasteiger partial charge in [-0.3, -0.25) is 4.79 Å². The summed E-state index contributed by atoms with van der Waals surface area (Å²) < 4.78 is 12.2. The summed E-state index contributed by atoms with van der Waals surface area (Å²) in [6.07, 6.45) is 1.86. The predicted octanol–water partition coefficient (Wildman–Crippen LogP) is 5.78. The molecule has 1 aliphatic rings. The lowest BCUT2D eigenvalue weighted by Gasteiger charge is -2.15. The topological polar surface area (TPSA) is 48.4 Å². The Kier molecular flexibility index (Phi) is 5.26. The van der Waals surface area contributed by atoms with Crippen LogP contribution in [0.1, 0.15) is 36.3 Å². The van der Waals surface area contributed by atoms with Gasteiger partial charge in [0, 0.05) is 21.3 Å². The summed E-state index contributed by atoms with van der Waals surface area (Å²) in [5, 5.41) is 3.93. The first-order valence-corrected chi connectivity index (χ1v) is 10.4. The molecular formula is C20H17Cl2NO3S. The third-order valence-corrected chi connectivity index (χ3v) is 6.05. The minimum atomic E-state index is -0.248. The number of carbonyl (C=O) groups excluding carboxylic acids is 1. The molecule has 2 heterocycles. The fraction of sp³-hybridized carbons (Fsp3) is 0.300. The Morgan fingerprint density at radius 1 is 1.33 bits per heavy atom. The van der Waals surface area contributed by atoms with Gasteiger partial charge < -0.3 is 9.47 Å². The number of fused-ring (bicyclic) bond motifs is 2. The van der Waals surface area contributed by atoms with Crippen molar-refractivity contribution >= 4 is 50.6 Å². The van der Waals surface area contributed by atoms with E-state index in [4.69, 9.17) is 32.7 Å². The quantitative estimate of drug-likeness (QED) is 0.387. The Morgan fingerprint density at radius 2 is 2.19 bits per heavy atom. The van der Waals surface area contributed by atoms with Crippen molar-refractivity contribution in [3.05, 3.63) is 56.6 Å². The van der Waals surface area contributed by atoms with Gasteiger partial charge in [-0.2, -0.15) is 0 Å². The second kappa shape index (κ2) is 7.66. The van der Waals surface area contributed by atoms with E-state index in [-0.39, 0.29) is 18.5 Å². The molecule has 2 aromatic heterocycles. The van der Waals surface area contributed by atoms with Crippen LogP contribution >= 0.6 is 34.5 Å². The highest BCUT2D eigenvalue weighted by Gasteiger charge is 2.26. The number of hydrogen-bond donors (Lipinski definition) is 0. The Morgan fingerprint density at radius 3 is 3.00 bits per heavy atom. The molecule has 0 saturated heterocycles. The monoisotopic (exact) mass is 421 g/mol. The van der Waals surface area contributed by atoms with Gasteiger partial charge in [-0.1, -0.05) is 29.3 Å². The maximum Gasteiger partial charge on any atom is 0.310 e. The molecule has 0 amide bonds. The van der Waals surface area contributed by atoms with Gasteiger partial charge in [0.1, 0.15) is 17.0 Å². The molecule has 0 spiro atoms.